The average Bonchev–Trinajstić information content (AvgIpc) is 2.97. The van der Waals surface area contributed by atoms with Crippen molar-refractivity contribution in [1.29, 1.82) is 0 Å². The van der Waals surface area contributed by atoms with Crippen molar-refractivity contribution >= 4 is 12.0 Å². The summed E-state index contributed by atoms with van der Waals surface area (Å²) in [4.78, 5) is 12.0. The Labute approximate surface area is 137 Å². The third-order valence-electron chi connectivity index (χ3n) is 4.75. The van der Waals surface area contributed by atoms with Crippen molar-refractivity contribution in [3.8, 4) is 0 Å². The van der Waals surface area contributed by atoms with Crippen LogP contribution in [0.3, 0.4) is 0 Å². The fourth-order valence-corrected chi connectivity index (χ4v) is 3.34. The van der Waals surface area contributed by atoms with Gasteiger partial charge < -0.3 is 9.15 Å². The van der Waals surface area contributed by atoms with Crippen LogP contribution in [0.4, 0.5) is 0 Å². The molecule has 3 heteroatoms. The summed E-state index contributed by atoms with van der Waals surface area (Å²) in [6.45, 7) is 10.3. The lowest BCUT2D eigenvalue weighted by atomic mass is 9.89. The molecule has 0 unspecified atom stereocenters. The van der Waals surface area contributed by atoms with Gasteiger partial charge in [0, 0.05) is 18.4 Å². The van der Waals surface area contributed by atoms with Gasteiger partial charge in [0.25, 0.3) is 0 Å². The number of hydrogen-bond donors (Lipinski definition) is 0. The molecule has 0 aliphatic carbocycles. The summed E-state index contributed by atoms with van der Waals surface area (Å²) < 4.78 is 11.5. The van der Waals surface area contributed by atoms with Gasteiger partial charge in [-0.05, 0) is 63.3 Å². The van der Waals surface area contributed by atoms with Gasteiger partial charge in [-0.2, -0.15) is 0 Å². The number of esters is 1. The van der Waals surface area contributed by atoms with Crippen LogP contribution in [0.2, 0.25) is 0 Å². The van der Waals surface area contributed by atoms with E-state index in [1.807, 2.05) is 19.1 Å². The Morgan fingerprint density at radius 3 is 2.83 bits per heavy atom. The molecule has 1 aromatic rings. The van der Waals surface area contributed by atoms with Gasteiger partial charge in [0.05, 0.1) is 0 Å². The molecule has 0 spiro atoms. The van der Waals surface area contributed by atoms with E-state index in [2.05, 4.69) is 26.5 Å². The standard InChI is InChI=1S/C20H24O3/c1-12(2)15-5-6-16-10-18(23-20(16)21)8-13(3)7-17-9-14(4)19(11-15)22-17/h7,9-10,15,18H,1,5-6,8,11H2,2-4H3/t15-,18+/m1/s1. The maximum absolute atomic E-state index is 12.0. The van der Waals surface area contributed by atoms with Crippen LogP contribution in [0.15, 0.2) is 39.9 Å². The SMILES string of the molecule is C=C(C)[C@@H]1CCC2=C[C@H](CC(C)=Cc3cc(C)c(o3)C1)OC2=O. The number of furan rings is 1. The van der Waals surface area contributed by atoms with Crippen LogP contribution >= 0.6 is 0 Å². The van der Waals surface area contributed by atoms with Crippen LogP contribution in [0.1, 0.15) is 50.2 Å². The summed E-state index contributed by atoms with van der Waals surface area (Å²) in [5, 5.41) is 0. The van der Waals surface area contributed by atoms with Crippen LogP contribution < -0.4 is 0 Å². The van der Waals surface area contributed by atoms with Gasteiger partial charge in [-0.1, -0.05) is 17.7 Å². The van der Waals surface area contributed by atoms with Crippen molar-refractivity contribution < 1.29 is 13.9 Å². The number of ether oxygens (including phenoxy) is 1. The summed E-state index contributed by atoms with van der Waals surface area (Å²) >= 11 is 0. The van der Waals surface area contributed by atoms with Crippen molar-refractivity contribution in [1.82, 2.24) is 0 Å². The zero-order chi connectivity index (χ0) is 16.6. The first kappa shape index (κ1) is 15.9. The summed E-state index contributed by atoms with van der Waals surface area (Å²) in [5.74, 6) is 2.06. The molecular formula is C20H24O3. The molecule has 0 radical (unpaired) electrons. The van der Waals surface area contributed by atoms with Gasteiger partial charge >= 0.3 is 5.97 Å². The lowest BCUT2D eigenvalue weighted by Gasteiger charge is -2.16. The molecule has 0 saturated carbocycles. The fraction of sp³-hybridized carbons (Fsp3) is 0.450. The lowest BCUT2D eigenvalue weighted by molar-refractivity contribution is -0.139. The third kappa shape index (κ3) is 3.49. The van der Waals surface area contributed by atoms with Crippen LogP contribution in [0.5, 0.6) is 0 Å². The first-order valence-corrected chi connectivity index (χ1v) is 8.26. The van der Waals surface area contributed by atoms with Gasteiger partial charge in [0.1, 0.15) is 17.6 Å². The second-order valence-corrected chi connectivity index (χ2v) is 6.87. The Kier molecular flexibility index (Phi) is 4.29. The molecule has 122 valence electrons. The monoisotopic (exact) mass is 312 g/mol. The third-order valence-corrected chi connectivity index (χ3v) is 4.75. The van der Waals surface area contributed by atoms with E-state index >= 15 is 0 Å². The Balaban J connectivity index is 1.96. The first-order valence-electron chi connectivity index (χ1n) is 8.26. The Morgan fingerprint density at radius 2 is 2.09 bits per heavy atom. The number of fused-ring (bicyclic) bond motifs is 3. The molecule has 0 aromatic carbocycles. The van der Waals surface area contributed by atoms with E-state index < -0.39 is 0 Å². The molecular weight excluding hydrogens is 288 g/mol. The minimum absolute atomic E-state index is 0.145. The van der Waals surface area contributed by atoms with Crippen LogP contribution in [0.25, 0.3) is 6.08 Å². The number of carbonyl (C=O) groups is 1. The van der Waals surface area contributed by atoms with Crippen LogP contribution in [-0.4, -0.2) is 12.1 Å². The van der Waals surface area contributed by atoms with E-state index in [-0.39, 0.29) is 12.1 Å². The number of aryl methyl sites for hydroxylation is 1. The molecule has 4 bridgehead atoms. The van der Waals surface area contributed by atoms with Gasteiger partial charge in [-0.15, -0.1) is 0 Å². The Morgan fingerprint density at radius 1 is 1.30 bits per heavy atom. The largest absolute Gasteiger partial charge is 0.461 e. The molecule has 3 nitrogen and oxygen atoms in total. The van der Waals surface area contributed by atoms with Gasteiger partial charge in [0.15, 0.2) is 0 Å². The number of carbonyl (C=O) groups excluding carboxylic acids is 1. The van der Waals surface area contributed by atoms with E-state index in [0.717, 1.165) is 47.5 Å². The minimum atomic E-state index is -0.158. The fourth-order valence-electron chi connectivity index (χ4n) is 3.34. The quantitative estimate of drug-likeness (QED) is 0.554. The summed E-state index contributed by atoms with van der Waals surface area (Å²) in [6, 6.07) is 2.09. The highest BCUT2D eigenvalue weighted by atomic mass is 16.5. The van der Waals surface area contributed by atoms with E-state index in [0.29, 0.717) is 12.3 Å². The first-order chi connectivity index (χ1) is 10.9. The molecule has 2 aliphatic heterocycles. The van der Waals surface area contributed by atoms with E-state index in [9.17, 15) is 4.79 Å². The molecule has 3 heterocycles. The van der Waals surface area contributed by atoms with Crippen molar-refractivity contribution in [2.24, 2.45) is 5.92 Å². The highest BCUT2D eigenvalue weighted by Crippen LogP contribution is 2.31. The predicted octanol–water partition coefficient (Wildman–Crippen LogP) is 4.76. The highest BCUT2D eigenvalue weighted by Gasteiger charge is 2.27. The van der Waals surface area contributed by atoms with Gasteiger partial charge in [0.2, 0.25) is 0 Å². The summed E-state index contributed by atoms with van der Waals surface area (Å²) in [6.07, 6.45) is 7.07. The van der Waals surface area contributed by atoms with Crippen molar-refractivity contribution in [2.45, 2.75) is 52.6 Å². The molecule has 0 N–H and O–H groups in total. The minimum Gasteiger partial charge on any atom is -0.461 e. The van der Waals surface area contributed by atoms with Crippen molar-refractivity contribution in [2.75, 3.05) is 0 Å². The number of rotatable bonds is 1. The van der Waals surface area contributed by atoms with Gasteiger partial charge in [-0.25, -0.2) is 4.79 Å². The van der Waals surface area contributed by atoms with E-state index in [1.54, 1.807) is 0 Å². The van der Waals surface area contributed by atoms with E-state index in [1.165, 1.54) is 5.56 Å². The maximum atomic E-state index is 12.0. The summed E-state index contributed by atoms with van der Waals surface area (Å²) in [5.41, 5.74) is 4.27. The average molecular weight is 312 g/mol. The van der Waals surface area contributed by atoms with Gasteiger partial charge in [-0.3, -0.25) is 0 Å². The summed E-state index contributed by atoms with van der Waals surface area (Å²) in [7, 11) is 0. The molecule has 3 rings (SSSR count). The molecule has 2 atom stereocenters. The Bertz CT molecular complexity index is 702. The smallest absolute Gasteiger partial charge is 0.334 e. The molecule has 23 heavy (non-hydrogen) atoms. The van der Waals surface area contributed by atoms with Crippen LogP contribution in [0, 0.1) is 12.8 Å². The molecule has 0 saturated heterocycles. The second kappa shape index (κ2) is 6.23. The molecule has 2 aliphatic rings. The zero-order valence-electron chi connectivity index (χ0n) is 14.1. The normalized spacial score (nSPS) is 24.7. The lowest BCUT2D eigenvalue weighted by Crippen LogP contribution is -2.10. The topological polar surface area (TPSA) is 39.4 Å². The predicted molar refractivity (Wildman–Crippen MR) is 90.9 cm³/mol. The number of allylic oxidation sites excluding steroid dienone is 1. The Hall–Kier alpha value is -2.03. The van der Waals surface area contributed by atoms with Crippen LogP contribution in [-0.2, 0) is 16.0 Å². The zero-order valence-corrected chi connectivity index (χ0v) is 14.1. The molecule has 1 aromatic heterocycles. The number of hydrogen-bond acceptors (Lipinski definition) is 3. The maximum Gasteiger partial charge on any atom is 0.334 e. The highest BCUT2D eigenvalue weighted by molar-refractivity contribution is 5.90. The second-order valence-electron chi connectivity index (χ2n) is 6.87. The van der Waals surface area contributed by atoms with Crippen molar-refractivity contribution in [3.05, 3.63) is 52.5 Å². The molecule has 0 amide bonds. The van der Waals surface area contributed by atoms with E-state index in [4.69, 9.17) is 9.15 Å². The van der Waals surface area contributed by atoms with Crippen molar-refractivity contribution in [3.63, 3.8) is 0 Å². The molecule has 0 fully saturated rings.